The first-order valence-electron chi connectivity index (χ1n) is 14.0. The number of esters is 1. The van der Waals surface area contributed by atoms with Gasteiger partial charge in [0.15, 0.2) is 0 Å². The third-order valence-electron chi connectivity index (χ3n) is 7.49. The second kappa shape index (κ2) is 12.9. The van der Waals surface area contributed by atoms with Gasteiger partial charge >= 0.3 is 5.97 Å². The first-order valence-corrected chi connectivity index (χ1v) is 14.0. The van der Waals surface area contributed by atoms with Gasteiger partial charge < -0.3 is 9.84 Å². The molecule has 0 amide bonds. The molecule has 1 aromatic heterocycles. The van der Waals surface area contributed by atoms with Crippen molar-refractivity contribution in [2.75, 3.05) is 19.7 Å². The van der Waals surface area contributed by atoms with Gasteiger partial charge in [-0.05, 0) is 48.1 Å². The fourth-order valence-electron chi connectivity index (χ4n) is 5.68. The van der Waals surface area contributed by atoms with Crippen LogP contribution in [0.4, 0.5) is 0 Å². The molecule has 1 unspecified atom stereocenters. The summed E-state index contributed by atoms with van der Waals surface area (Å²) in [5.41, 5.74) is 4.57. The van der Waals surface area contributed by atoms with E-state index in [1.54, 1.807) is 11.6 Å². The molecule has 1 aliphatic heterocycles. The van der Waals surface area contributed by atoms with Crippen LogP contribution in [0.15, 0.2) is 103 Å². The van der Waals surface area contributed by atoms with Gasteiger partial charge in [-0.25, -0.2) is 0 Å². The molecule has 206 valence electrons. The molecule has 2 heterocycles. The van der Waals surface area contributed by atoms with Gasteiger partial charge in [-0.1, -0.05) is 96.2 Å². The summed E-state index contributed by atoms with van der Waals surface area (Å²) in [6.45, 7) is 4.05. The monoisotopic (exact) mass is 536 g/mol. The first-order chi connectivity index (χ1) is 19.6. The zero-order valence-electron chi connectivity index (χ0n) is 22.9. The molecule has 4 aromatic rings. The number of aryl methyl sites for hydroxylation is 1. The average molecular weight is 537 g/mol. The Kier molecular flexibility index (Phi) is 8.84. The predicted molar refractivity (Wildman–Crippen MR) is 155 cm³/mol. The molecule has 0 spiro atoms. The molecule has 0 saturated carbocycles. The van der Waals surface area contributed by atoms with E-state index in [2.05, 4.69) is 88.0 Å². The van der Waals surface area contributed by atoms with Crippen molar-refractivity contribution in [3.63, 3.8) is 0 Å². The number of likely N-dealkylation sites (tertiary alicyclic amines) is 1. The number of carbonyl (C=O) groups excluding carboxylic acids is 1. The lowest BCUT2D eigenvalue weighted by Gasteiger charge is -2.48. The van der Waals surface area contributed by atoms with E-state index in [4.69, 9.17) is 4.74 Å². The summed E-state index contributed by atoms with van der Waals surface area (Å²) in [4.78, 5) is 14.1. The molecule has 5 rings (SSSR count). The molecule has 1 aliphatic rings. The minimum absolute atomic E-state index is 0.200. The molecule has 0 radical (unpaired) electrons. The average Bonchev–Trinajstić information content (AvgIpc) is 3.44. The fraction of sp³-hybridized carbons (Fsp3) is 0.303. The lowest BCUT2D eigenvalue weighted by atomic mass is 9.74. The molecular formula is C33H36N4O3. The number of hydrogen-bond donors (Lipinski definition) is 1. The van der Waals surface area contributed by atoms with Crippen LogP contribution in [0, 0.1) is 0 Å². The van der Waals surface area contributed by atoms with Crippen molar-refractivity contribution in [2.45, 2.75) is 44.4 Å². The highest BCUT2D eigenvalue weighted by Crippen LogP contribution is 2.44. The maximum atomic E-state index is 11.6. The van der Waals surface area contributed by atoms with Gasteiger partial charge in [0, 0.05) is 26.1 Å². The smallest absolute Gasteiger partial charge is 0.305 e. The van der Waals surface area contributed by atoms with Crippen LogP contribution in [-0.2, 0) is 21.6 Å². The van der Waals surface area contributed by atoms with Gasteiger partial charge in [0.05, 0.1) is 24.4 Å². The van der Waals surface area contributed by atoms with E-state index in [1.165, 1.54) is 16.7 Å². The van der Waals surface area contributed by atoms with Crippen molar-refractivity contribution in [3.8, 4) is 0 Å². The Balaban J connectivity index is 1.48. The minimum Gasteiger partial charge on any atom is -0.466 e. The molecule has 3 aromatic carbocycles. The molecule has 1 atom stereocenters. The Morgan fingerprint density at radius 2 is 1.55 bits per heavy atom. The zero-order valence-corrected chi connectivity index (χ0v) is 22.9. The fourth-order valence-corrected chi connectivity index (χ4v) is 5.68. The summed E-state index contributed by atoms with van der Waals surface area (Å²) in [5.74, 6) is -0.200. The number of aromatic nitrogens is 3. The molecule has 1 fully saturated rings. The summed E-state index contributed by atoms with van der Waals surface area (Å²) < 4.78 is 6.74. The topological polar surface area (TPSA) is 80.5 Å². The molecule has 0 bridgehead atoms. The van der Waals surface area contributed by atoms with E-state index in [1.807, 2.05) is 30.5 Å². The Hall–Kier alpha value is -4.07. The van der Waals surface area contributed by atoms with E-state index in [0.29, 0.717) is 44.7 Å². The largest absolute Gasteiger partial charge is 0.466 e. The number of ether oxygens (including phenoxy) is 1. The van der Waals surface area contributed by atoms with Crippen LogP contribution in [0.25, 0.3) is 6.08 Å². The third kappa shape index (κ3) is 5.91. The Bertz CT molecular complexity index is 1310. The van der Waals surface area contributed by atoms with Crippen LogP contribution in [0.1, 0.15) is 48.6 Å². The number of aliphatic hydroxyl groups is 1. The summed E-state index contributed by atoms with van der Waals surface area (Å²) in [7, 11) is 0. The van der Waals surface area contributed by atoms with Gasteiger partial charge in [-0.15, -0.1) is 5.10 Å². The molecule has 1 N–H and O–H groups in total. The van der Waals surface area contributed by atoms with Crippen molar-refractivity contribution in [1.29, 1.82) is 0 Å². The number of aliphatic hydroxyl groups excluding tert-OH is 1. The number of hydrogen-bond acceptors (Lipinski definition) is 6. The molecule has 1 saturated heterocycles. The summed E-state index contributed by atoms with van der Waals surface area (Å²) in [6.07, 6.45) is 4.83. The van der Waals surface area contributed by atoms with Crippen LogP contribution < -0.4 is 0 Å². The quantitative estimate of drug-likeness (QED) is 0.225. The van der Waals surface area contributed by atoms with Crippen molar-refractivity contribution in [2.24, 2.45) is 0 Å². The minimum atomic E-state index is -0.565. The zero-order chi connectivity index (χ0) is 27.8. The molecule has 7 heteroatoms. The second-order valence-electron chi connectivity index (χ2n) is 10.1. The first kappa shape index (κ1) is 27.5. The summed E-state index contributed by atoms with van der Waals surface area (Å²) >= 11 is 0. The van der Waals surface area contributed by atoms with E-state index in [0.717, 1.165) is 12.1 Å². The second-order valence-corrected chi connectivity index (χ2v) is 10.1. The molecule has 40 heavy (non-hydrogen) atoms. The van der Waals surface area contributed by atoms with E-state index >= 15 is 0 Å². The van der Waals surface area contributed by atoms with Gasteiger partial charge in [0.2, 0.25) is 0 Å². The lowest BCUT2D eigenvalue weighted by Crippen LogP contribution is -2.52. The van der Waals surface area contributed by atoms with E-state index in [-0.39, 0.29) is 5.97 Å². The maximum Gasteiger partial charge on any atom is 0.305 e. The molecular weight excluding hydrogens is 500 g/mol. The van der Waals surface area contributed by atoms with Crippen molar-refractivity contribution >= 4 is 12.0 Å². The number of rotatable bonds is 10. The number of piperidine rings is 1. The van der Waals surface area contributed by atoms with Crippen molar-refractivity contribution in [3.05, 3.63) is 125 Å². The van der Waals surface area contributed by atoms with Crippen molar-refractivity contribution in [1.82, 2.24) is 19.9 Å². The number of nitrogens with zero attached hydrogens (tertiary/aromatic N) is 4. The van der Waals surface area contributed by atoms with Gasteiger partial charge in [0.25, 0.3) is 0 Å². The Morgan fingerprint density at radius 1 is 0.975 bits per heavy atom. The lowest BCUT2D eigenvalue weighted by molar-refractivity contribution is -0.143. The van der Waals surface area contributed by atoms with Crippen LogP contribution in [0.2, 0.25) is 0 Å². The molecule has 0 aliphatic carbocycles. The standard InChI is InChI=1S/C33H36N4O3/c1-2-40-32(39)19-12-21-37-25-30(34-35-37)23-26-24-36(22-20-31(26)38)33(27-13-6-3-7-14-27,28-15-8-4-9-16-28)29-17-10-5-11-18-29/h3-11,13-18,23,25,31,38H,2,12,19-22,24H2,1H3/b26-23-. The predicted octanol–water partition coefficient (Wildman–Crippen LogP) is 5.06. The van der Waals surface area contributed by atoms with Crippen LogP contribution >= 0.6 is 0 Å². The van der Waals surface area contributed by atoms with Crippen molar-refractivity contribution < 1.29 is 14.6 Å². The van der Waals surface area contributed by atoms with Gasteiger partial charge in [-0.2, -0.15) is 0 Å². The van der Waals surface area contributed by atoms with Crippen LogP contribution in [0.3, 0.4) is 0 Å². The summed E-state index contributed by atoms with van der Waals surface area (Å²) in [6, 6.07) is 31.8. The van der Waals surface area contributed by atoms with Gasteiger partial charge in [-0.3, -0.25) is 14.4 Å². The highest BCUT2D eigenvalue weighted by Gasteiger charge is 2.44. The van der Waals surface area contributed by atoms with Crippen LogP contribution in [-0.4, -0.2) is 56.8 Å². The maximum absolute atomic E-state index is 11.6. The summed E-state index contributed by atoms with van der Waals surface area (Å²) in [5, 5.41) is 19.7. The van der Waals surface area contributed by atoms with E-state index in [9.17, 15) is 9.90 Å². The van der Waals surface area contributed by atoms with Crippen LogP contribution in [0.5, 0.6) is 0 Å². The normalized spacial score (nSPS) is 17.1. The number of benzene rings is 3. The molecule has 7 nitrogen and oxygen atoms in total. The van der Waals surface area contributed by atoms with E-state index < -0.39 is 11.6 Å². The highest BCUT2D eigenvalue weighted by molar-refractivity contribution is 5.69. The third-order valence-corrected chi connectivity index (χ3v) is 7.49. The Labute approximate surface area is 235 Å². The number of carbonyl (C=O) groups is 1. The Morgan fingerprint density at radius 3 is 2.10 bits per heavy atom. The highest BCUT2D eigenvalue weighted by atomic mass is 16.5. The van der Waals surface area contributed by atoms with Gasteiger partial charge in [0.1, 0.15) is 5.69 Å². The SMILES string of the molecule is CCOC(=O)CCCn1cc(/C=C2/CN(C(c3ccccc3)(c3ccccc3)c3ccccc3)CCC2O)nn1.